The van der Waals surface area contributed by atoms with E-state index in [9.17, 15) is 9.50 Å². The number of benzene rings is 2. The van der Waals surface area contributed by atoms with Gasteiger partial charge in [0.25, 0.3) is 0 Å². The molecule has 0 saturated carbocycles. The number of hydrogen-bond donors (Lipinski definition) is 1. The standard InChI is InChI=1S/C19H19FN4OS/c20-15-3-1-14(2-4-15)13-18-21-22-19(26-18)24-11-9-23(10-12-24)16-5-7-17(25)8-6-16/h1-8,25H,9-13H2. The summed E-state index contributed by atoms with van der Waals surface area (Å²) in [5, 5.41) is 19.9. The molecule has 1 fully saturated rings. The smallest absolute Gasteiger partial charge is 0.208 e. The molecule has 5 nitrogen and oxygen atoms in total. The summed E-state index contributed by atoms with van der Waals surface area (Å²) in [6.07, 6.45) is 0.672. The van der Waals surface area contributed by atoms with Gasteiger partial charge in [0, 0.05) is 38.3 Å². The summed E-state index contributed by atoms with van der Waals surface area (Å²) in [5.41, 5.74) is 2.16. The van der Waals surface area contributed by atoms with Gasteiger partial charge in [0.1, 0.15) is 16.6 Å². The molecule has 1 saturated heterocycles. The summed E-state index contributed by atoms with van der Waals surface area (Å²) in [4.78, 5) is 4.55. The first-order chi connectivity index (χ1) is 12.7. The molecule has 0 unspecified atom stereocenters. The van der Waals surface area contributed by atoms with Crippen LogP contribution in [0.1, 0.15) is 10.6 Å². The average Bonchev–Trinajstić information content (AvgIpc) is 3.13. The molecule has 1 N–H and O–H groups in total. The lowest BCUT2D eigenvalue weighted by molar-refractivity contribution is 0.475. The van der Waals surface area contributed by atoms with E-state index >= 15 is 0 Å². The van der Waals surface area contributed by atoms with Gasteiger partial charge >= 0.3 is 0 Å². The number of piperazine rings is 1. The van der Waals surface area contributed by atoms with Crippen LogP contribution >= 0.6 is 11.3 Å². The van der Waals surface area contributed by atoms with Crippen LogP contribution in [0.3, 0.4) is 0 Å². The molecule has 2 heterocycles. The van der Waals surface area contributed by atoms with E-state index in [0.717, 1.165) is 47.6 Å². The number of anilines is 2. The third-order valence-electron chi connectivity index (χ3n) is 4.49. The zero-order valence-electron chi connectivity index (χ0n) is 14.2. The Morgan fingerprint density at radius 3 is 2.23 bits per heavy atom. The van der Waals surface area contributed by atoms with Crippen molar-refractivity contribution in [2.75, 3.05) is 36.0 Å². The van der Waals surface area contributed by atoms with Gasteiger partial charge < -0.3 is 14.9 Å². The lowest BCUT2D eigenvalue weighted by Gasteiger charge is -2.35. The highest BCUT2D eigenvalue weighted by Crippen LogP contribution is 2.25. The predicted octanol–water partition coefficient (Wildman–Crippen LogP) is 3.30. The second kappa shape index (κ2) is 7.29. The van der Waals surface area contributed by atoms with Gasteiger partial charge in [0.2, 0.25) is 5.13 Å². The lowest BCUT2D eigenvalue weighted by Crippen LogP contribution is -2.46. The Kier molecular flexibility index (Phi) is 4.71. The normalized spacial score (nSPS) is 14.7. The molecular formula is C19H19FN4OS. The highest BCUT2D eigenvalue weighted by molar-refractivity contribution is 7.15. The Bertz CT molecular complexity index is 858. The van der Waals surface area contributed by atoms with Crippen LogP contribution < -0.4 is 9.80 Å². The molecule has 0 aliphatic carbocycles. The highest BCUT2D eigenvalue weighted by Gasteiger charge is 2.20. The molecule has 0 spiro atoms. The van der Waals surface area contributed by atoms with Gasteiger partial charge in [-0.25, -0.2) is 4.39 Å². The van der Waals surface area contributed by atoms with Crippen molar-refractivity contribution in [3.63, 3.8) is 0 Å². The van der Waals surface area contributed by atoms with Gasteiger partial charge in [-0.05, 0) is 42.0 Å². The van der Waals surface area contributed by atoms with Crippen LogP contribution in [0, 0.1) is 5.82 Å². The maximum Gasteiger partial charge on any atom is 0.208 e. The van der Waals surface area contributed by atoms with E-state index in [1.54, 1.807) is 35.6 Å². The Morgan fingerprint density at radius 1 is 0.885 bits per heavy atom. The topological polar surface area (TPSA) is 52.5 Å². The predicted molar refractivity (Wildman–Crippen MR) is 102 cm³/mol. The van der Waals surface area contributed by atoms with E-state index in [0.29, 0.717) is 6.42 Å². The minimum atomic E-state index is -0.224. The van der Waals surface area contributed by atoms with E-state index in [1.807, 2.05) is 12.1 Å². The largest absolute Gasteiger partial charge is 0.508 e. The maximum atomic E-state index is 13.0. The van der Waals surface area contributed by atoms with Gasteiger partial charge in [-0.3, -0.25) is 0 Å². The summed E-state index contributed by atoms with van der Waals surface area (Å²) in [7, 11) is 0. The van der Waals surface area contributed by atoms with E-state index in [-0.39, 0.29) is 11.6 Å². The van der Waals surface area contributed by atoms with Crippen molar-refractivity contribution in [2.45, 2.75) is 6.42 Å². The highest BCUT2D eigenvalue weighted by atomic mass is 32.1. The zero-order valence-corrected chi connectivity index (χ0v) is 15.0. The number of hydrogen-bond acceptors (Lipinski definition) is 6. The molecule has 7 heteroatoms. The number of aromatic nitrogens is 2. The third-order valence-corrected chi connectivity index (χ3v) is 5.47. The molecule has 4 rings (SSSR count). The molecule has 0 bridgehead atoms. The van der Waals surface area contributed by atoms with Crippen LogP contribution in [0.5, 0.6) is 5.75 Å². The third kappa shape index (κ3) is 3.77. The molecule has 1 aromatic heterocycles. The first-order valence-corrected chi connectivity index (χ1v) is 9.35. The van der Waals surface area contributed by atoms with Crippen molar-refractivity contribution >= 4 is 22.2 Å². The Labute approximate surface area is 155 Å². The summed E-state index contributed by atoms with van der Waals surface area (Å²) in [6.45, 7) is 3.56. The molecular weight excluding hydrogens is 351 g/mol. The fourth-order valence-corrected chi connectivity index (χ4v) is 3.96. The number of phenols is 1. The van der Waals surface area contributed by atoms with Crippen molar-refractivity contribution in [3.05, 3.63) is 64.9 Å². The van der Waals surface area contributed by atoms with Crippen molar-refractivity contribution in [1.29, 1.82) is 0 Å². The van der Waals surface area contributed by atoms with Gasteiger partial charge in [-0.1, -0.05) is 23.5 Å². The number of halogens is 1. The van der Waals surface area contributed by atoms with E-state index in [1.165, 1.54) is 12.1 Å². The van der Waals surface area contributed by atoms with Crippen LogP contribution in [0.15, 0.2) is 48.5 Å². The number of phenolic OH excluding ortho intramolecular Hbond substituents is 1. The minimum absolute atomic E-state index is 0.224. The van der Waals surface area contributed by atoms with Crippen LogP contribution in [-0.4, -0.2) is 41.5 Å². The monoisotopic (exact) mass is 370 g/mol. The number of nitrogens with zero attached hydrogens (tertiary/aromatic N) is 4. The fraction of sp³-hybridized carbons (Fsp3) is 0.263. The summed E-state index contributed by atoms with van der Waals surface area (Å²) in [6, 6.07) is 13.8. The van der Waals surface area contributed by atoms with Gasteiger partial charge in [-0.15, -0.1) is 10.2 Å². The van der Waals surface area contributed by atoms with Crippen LogP contribution in [0.2, 0.25) is 0 Å². The average molecular weight is 370 g/mol. The first-order valence-electron chi connectivity index (χ1n) is 8.53. The Balaban J connectivity index is 1.36. The summed E-state index contributed by atoms with van der Waals surface area (Å²) < 4.78 is 13.0. The summed E-state index contributed by atoms with van der Waals surface area (Å²) >= 11 is 1.60. The Morgan fingerprint density at radius 2 is 1.54 bits per heavy atom. The molecule has 1 aliphatic rings. The van der Waals surface area contributed by atoms with Crippen LogP contribution in [0.25, 0.3) is 0 Å². The van der Waals surface area contributed by atoms with E-state index in [2.05, 4.69) is 20.0 Å². The molecule has 134 valence electrons. The lowest BCUT2D eigenvalue weighted by atomic mass is 10.2. The molecule has 0 radical (unpaired) electrons. The van der Waals surface area contributed by atoms with Crippen molar-refractivity contribution in [1.82, 2.24) is 10.2 Å². The molecule has 26 heavy (non-hydrogen) atoms. The Hall–Kier alpha value is -2.67. The van der Waals surface area contributed by atoms with Crippen LogP contribution in [-0.2, 0) is 6.42 Å². The molecule has 0 amide bonds. The van der Waals surface area contributed by atoms with Gasteiger partial charge in [0.05, 0.1) is 0 Å². The molecule has 3 aromatic rings. The minimum Gasteiger partial charge on any atom is -0.508 e. The maximum absolute atomic E-state index is 13.0. The number of aromatic hydroxyl groups is 1. The SMILES string of the molecule is Oc1ccc(N2CCN(c3nnc(Cc4ccc(F)cc4)s3)CC2)cc1. The molecule has 0 atom stereocenters. The fourth-order valence-electron chi connectivity index (χ4n) is 3.04. The van der Waals surface area contributed by atoms with Crippen molar-refractivity contribution < 1.29 is 9.50 Å². The number of rotatable bonds is 4. The first kappa shape index (κ1) is 16.8. The second-order valence-corrected chi connectivity index (χ2v) is 7.31. The molecule has 1 aliphatic heterocycles. The van der Waals surface area contributed by atoms with Gasteiger partial charge in [-0.2, -0.15) is 0 Å². The second-order valence-electron chi connectivity index (χ2n) is 6.27. The van der Waals surface area contributed by atoms with E-state index < -0.39 is 0 Å². The van der Waals surface area contributed by atoms with Crippen molar-refractivity contribution in [3.8, 4) is 5.75 Å². The van der Waals surface area contributed by atoms with E-state index in [4.69, 9.17) is 0 Å². The van der Waals surface area contributed by atoms with Crippen LogP contribution in [0.4, 0.5) is 15.2 Å². The summed E-state index contributed by atoms with van der Waals surface area (Å²) in [5.74, 6) is 0.0631. The quantitative estimate of drug-likeness (QED) is 0.764. The van der Waals surface area contributed by atoms with Crippen molar-refractivity contribution in [2.24, 2.45) is 0 Å². The zero-order chi connectivity index (χ0) is 17.9. The van der Waals surface area contributed by atoms with Gasteiger partial charge in [0.15, 0.2) is 0 Å². The molecule has 2 aromatic carbocycles.